The highest BCUT2D eigenvalue weighted by Crippen LogP contribution is 2.19. The molecule has 0 aliphatic carbocycles. The Morgan fingerprint density at radius 3 is 2.76 bits per heavy atom. The van der Waals surface area contributed by atoms with Crippen molar-refractivity contribution in [1.29, 1.82) is 0 Å². The zero-order valence-electron chi connectivity index (χ0n) is 11.3. The molecule has 2 aromatic heterocycles. The monoisotopic (exact) mass is 346 g/mol. The Balaban J connectivity index is 1.76. The van der Waals surface area contributed by atoms with E-state index in [1.807, 2.05) is 24.4 Å². The van der Waals surface area contributed by atoms with Crippen molar-refractivity contribution in [2.45, 2.75) is 12.5 Å². The van der Waals surface area contributed by atoms with Gasteiger partial charge in [0.05, 0.1) is 17.1 Å². The minimum Gasteiger partial charge on any atom is -0.394 e. The molecule has 3 rings (SSSR count). The van der Waals surface area contributed by atoms with E-state index in [2.05, 4.69) is 42.3 Å². The van der Waals surface area contributed by atoms with Gasteiger partial charge in [-0.1, -0.05) is 18.2 Å². The highest BCUT2D eigenvalue weighted by Gasteiger charge is 2.12. The highest BCUT2D eigenvalue weighted by atomic mass is 79.9. The molecule has 1 aromatic carbocycles. The van der Waals surface area contributed by atoms with Gasteiger partial charge >= 0.3 is 0 Å². The Bertz CT molecular complexity index is 726. The largest absolute Gasteiger partial charge is 0.394 e. The molecule has 21 heavy (non-hydrogen) atoms. The second-order valence-corrected chi connectivity index (χ2v) is 5.73. The molecule has 0 spiro atoms. The number of aliphatic hydroxyl groups is 1. The first kappa shape index (κ1) is 14.0. The molecule has 0 aliphatic rings. The molecular weight excluding hydrogens is 332 g/mol. The van der Waals surface area contributed by atoms with Crippen LogP contribution in [0, 0.1) is 0 Å². The molecule has 1 atom stereocenters. The van der Waals surface area contributed by atoms with Crippen LogP contribution in [0.4, 0.5) is 5.95 Å². The molecule has 6 heteroatoms. The van der Waals surface area contributed by atoms with Crippen LogP contribution >= 0.6 is 15.9 Å². The molecule has 1 unspecified atom stereocenters. The maximum atomic E-state index is 9.58. The molecule has 0 saturated heterocycles. The van der Waals surface area contributed by atoms with Crippen molar-refractivity contribution >= 4 is 32.8 Å². The Hall–Kier alpha value is -1.92. The van der Waals surface area contributed by atoms with Crippen LogP contribution in [0.2, 0.25) is 0 Å². The number of rotatable bonds is 5. The first-order chi connectivity index (χ1) is 10.3. The van der Waals surface area contributed by atoms with Crippen molar-refractivity contribution in [3.8, 4) is 0 Å². The van der Waals surface area contributed by atoms with E-state index < -0.39 is 0 Å². The van der Waals surface area contributed by atoms with Gasteiger partial charge in [-0.15, -0.1) is 0 Å². The van der Waals surface area contributed by atoms with Gasteiger partial charge in [0.1, 0.15) is 0 Å². The number of aromatic amines is 1. The van der Waals surface area contributed by atoms with Crippen molar-refractivity contribution in [2.24, 2.45) is 0 Å². The molecule has 108 valence electrons. The number of anilines is 1. The van der Waals surface area contributed by atoms with Gasteiger partial charge in [-0.25, -0.2) is 9.97 Å². The van der Waals surface area contributed by atoms with Crippen LogP contribution in [0.25, 0.3) is 10.9 Å². The number of hydrogen-bond acceptors (Lipinski definition) is 4. The van der Waals surface area contributed by atoms with Crippen LogP contribution in [0.3, 0.4) is 0 Å². The summed E-state index contributed by atoms with van der Waals surface area (Å²) in [4.78, 5) is 11.6. The summed E-state index contributed by atoms with van der Waals surface area (Å²) < 4.78 is 0.824. The van der Waals surface area contributed by atoms with Gasteiger partial charge in [0.15, 0.2) is 0 Å². The van der Waals surface area contributed by atoms with Gasteiger partial charge in [-0.2, -0.15) is 0 Å². The number of halogens is 1. The Morgan fingerprint density at radius 1 is 1.24 bits per heavy atom. The van der Waals surface area contributed by atoms with Gasteiger partial charge < -0.3 is 15.4 Å². The van der Waals surface area contributed by atoms with Crippen LogP contribution in [-0.4, -0.2) is 32.7 Å². The Morgan fingerprint density at radius 2 is 2.00 bits per heavy atom. The number of fused-ring (bicyclic) bond motifs is 1. The number of nitrogens with zero attached hydrogens (tertiary/aromatic N) is 2. The van der Waals surface area contributed by atoms with Crippen LogP contribution in [0.1, 0.15) is 5.56 Å². The molecule has 3 aromatic rings. The number of aromatic nitrogens is 3. The van der Waals surface area contributed by atoms with E-state index in [1.165, 1.54) is 5.39 Å². The molecule has 0 radical (unpaired) electrons. The van der Waals surface area contributed by atoms with E-state index in [9.17, 15) is 5.11 Å². The van der Waals surface area contributed by atoms with E-state index in [0.29, 0.717) is 12.4 Å². The summed E-state index contributed by atoms with van der Waals surface area (Å²) in [5.74, 6) is 0.511. The summed E-state index contributed by atoms with van der Waals surface area (Å²) in [6, 6.07) is 7.99. The Labute approximate surface area is 130 Å². The van der Waals surface area contributed by atoms with E-state index in [-0.39, 0.29) is 12.6 Å². The minimum absolute atomic E-state index is 0.0128. The van der Waals surface area contributed by atoms with Crippen molar-refractivity contribution in [2.75, 3.05) is 11.9 Å². The summed E-state index contributed by atoms with van der Waals surface area (Å²) in [5, 5.41) is 13.9. The summed E-state index contributed by atoms with van der Waals surface area (Å²) in [6.45, 7) is 0.0128. The SMILES string of the molecule is OCC(Cc1c[nH]c2ccccc12)Nc1ncc(Br)cn1. The first-order valence-corrected chi connectivity index (χ1v) is 7.45. The number of para-hydroxylation sites is 1. The third kappa shape index (κ3) is 3.22. The molecule has 0 fully saturated rings. The minimum atomic E-state index is -0.134. The van der Waals surface area contributed by atoms with E-state index in [0.717, 1.165) is 15.6 Å². The normalized spacial score (nSPS) is 12.5. The summed E-state index contributed by atoms with van der Waals surface area (Å²) >= 11 is 3.30. The van der Waals surface area contributed by atoms with Gasteiger partial charge in [-0.05, 0) is 34.0 Å². The summed E-state index contributed by atoms with van der Waals surface area (Å²) in [5.41, 5.74) is 2.26. The lowest BCUT2D eigenvalue weighted by Crippen LogP contribution is -2.27. The van der Waals surface area contributed by atoms with Gasteiger partial charge in [0, 0.05) is 29.5 Å². The average Bonchev–Trinajstić information content (AvgIpc) is 2.92. The van der Waals surface area contributed by atoms with Crippen molar-refractivity contribution in [1.82, 2.24) is 15.0 Å². The molecule has 3 N–H and O–H groups in total. The number of hydrogen-bond donors (Lipinski definition) is 3. The molecule has 5 nitrogen and oxygen atoms in total. The maximum Gasteiger partial charge on any atom is 0.222 e. The third-order valence-electron chi connectivity index (χ3n) is 3.32. The summed E-state index contributed by atoms with van der Waals surface area (Å²) in [7, 11) is 0. The molecule has 0 amide bonds. The lowest BCUT2D eigenvalue weighted by Gasteiger charge is -2.15. The molecular formula is C15H15BrN4O. The van der Waals surface area contributed by atoms with E-state index in [1.54, 1.807) is 12.4 Å². The maximum absolute atomic E-state index is 9.58. The van der Waals surface area contributed by atoms with Gasteiger partial charge in [0.2, 0.25) is 5.95 Å². The van der Waals surface area contributed by atoms with Crippen molar-refractivity contribution in [3.63, 3.8) is 0 Å². The lowest BCUT2D eigenvalue weighted by atomic mass is 10.1. The highest BCUT2D eigenvalue weighted by molar-refractivity contribution is 9.10. The standard InChI is InChI=1S/C15H15BrN4O/c16-11-7-18-15(19-8-11)20-12(9-21)5-10-6-17-14-4-2-1-3-13(10)14/h1-4,6-8,12,17,21H,5,9H2,(H,18,19,20). The molecule has 0 saturated carbocycles. The quantitative estimate of drug-likeness (QED) is 0.664. The average molecular weight is 347 g/mol. The zero-order chi connectivity index (χ0) is 14.7. The number of nitrogens with one attached hydrogen (secondary N) is 2. The number of H-pyrrole nitrogens is 1. The second kappa shape index (κ2) is 6.24. The fourth-order valence-electron chi connectivity index (χ4n) is 2.30. The molecule has 0 aliphatic heterocycles. The predicted molar refractivity (Wildman–Crippen MR) is 86.2 cm³/mol. The van der Waals surface area contributed by atoms with Crippen LogP contribution < -0.4 is 5.32 Å². The fraction of sp³-hybridized carbons (Fsp3) is 0.200. The molecule has 2 heterocycles. The zero-order valence-corrected chi connectivity index (χ0v) is 12.8. The van der Waals surface area contributed by atoms with Crippen LogP contribution in [0.15, 0.2) is 47.3 Å². The first-order valence-electron chi connectivity index (χ1n) is 6.66. The number of aliphatic hydroxyl groups excluding tert-OH is 1. The smallest absolute Gasteiger partial charge is 0.222 e. The van der Waals surface area contributed by atoms with Crippen molar-refractivity contribution in [3.05, 3.63) is 52.9 Å². The lowest BCUT2D eigenvalue weighted by molar-refractivity contribution is 0.273. The van der Waals surface area contributed by atoms with E-state index >= 15 is 0 Å². The molecule has 0 bridgehead atoms. The van der Waals surface area contributed by atoms with Crippen molar-refractivity contribution < 1.29 is 5.11 Å². The van der Waals surface area contributed by atoms with Gasteiger partial charge in [0.25, 0.3) is 0 Å². The second-order valence-electron chi connectivity index (χ2n) is 4.81. The van der Waals surface area contributed by atoms with Gasteiger partial charge in [-0.3, -0.25) is 0 Å². The number of benzene rings is 1. The fourth-order valence-corrected chi connectivity index (χ4v) is 2.50. The van der Waals surface area contributed by atoms with Crippen LogP contribution in [0.5, 0.6) is 0 Å². The predicted octanol–water partition coefficient (Wildman–Crippen LogP) is 2.74. The topological polar surface area (TPSA) is 73.8 Å². The van der Waals surface area contributed by atoms with Crippen LogP contribution in [-0.2, 0) is 6.42 Å². The van der Waals surface area contributed by atoms with E-state index in [4.69, 9.17) is 0 Å². The third-order valence-corrected chi connectivity index (χ3v) is 3.72. The summed E-state index contributed by atoms with van der Waals surface area (Å²) in [6.07, 6.45) is 6.03. The Kier molecular flexibility index (Phi) is 4.17.